The van der Waals surface area contributed by atoms with E-state index in [-0.39, 0.29) is 0 Å². The maximum Gasteiger partial charge on any atom is 0.342 e. The predicted octanol–water partition coefficient (Wildman–Crippen LogP) is 0.111. The molecule has 0 fully saturated rings. The molecule has 0 saturated heterocycles. The molecule has 0 amide bonds. The topological polar surface area (TPSA) is 110 Å². The highest BCUT2D eigenvalue weighted by Crippen LogP contribution is 2.15. The number of hydrogen-bond acceptors (Lipinski definition) is 4. The Balaban J connectivity index is 2.27. The van der Waals surface area contributed by atoms with Crippen LogP contribution in [0.2, 0.25) is 0 Å². The third-order valence-electron chi connectivity index (χ3n) is 3.16. The second-order valence-corrected chi connectivity index (χ2v) is 4.51. The molecule has 1 aromatic carbocycles. The number of carboxylic acids is 1. The summed E-state index contributed by atoms with van der Waals surface area (Å²) in [5.41, 5.74) is -0.191. The molecule has 3 rings (SSSR count). The van der Waals surface area contributed by atoms with Crippen LogP contribution in [0, 0.1) is 0 Å². The lowest BCUT2D eigenvalue weighted by atomic mass is 10.2. The standard InChI is InChI=1S/C13H10N4O4/c1-16-6-14-9-4-7(2-3-10(9)16)17-5-8(12(19)20)11(18)15-13(17)21/h2-6H,1H3,(H,19,20)(H,15,18,21). The number of nitrogens with zero attached hydrogens (tertiary/aromatic N) is 3. The lowest BCUT2D eigenvalue weighted by Crippen LogP contribution is -2.32. The predicted molar refractivity (Wildman–Crippen MR) is 73.9 cm³/mol. The number of benzene rings is 1. The fraction of sp³-hybridized carbons (Fsp3) is 0.0769. The zero-order valence-corrected chi connectivity index (χ0v) is 10.9. The van der Waals surface area contributed by atoms with Crippen LogP contribution >= 0.6 is 0 Å². The molecule has 8 nitrogen and oxygen atoms in total. The zero-order chi connectivity index (χ0) is 15.1. The summed E-state index contributed by atoms with van der Waals surface area (Å²) in [5.74, 6) is -1.40. The summed E-state index contributed by atoms with van der Waals surface area (Å²) in [6.45, 7) is 0. The number of aryl methyl sites for hydroxylation is 1. The molecule has 2 aromatic heterocycles. The fourth-order valence-electron chi connectivity index (χ4n) is 2.09. The summed E-state index contributed by atoms with van der Waals surface area (Å²) in [7, 11) is 1.84. The van der Waals surface area contributed by atoms with Gasteiger partial charge in [0.05, 0.1) is 23.0 Å². The number of aromatic carboxylic acids is 1. The maximum atomic E-state index is 11.8. The molecule has 21 heavy (non-hydrogen) atoms. The molecule has 8 heteroatoms. The van der Waals surface area contributed by atoms with Gasteiger partial charge in [0.25, 0.3) is 5.56 Å². The number of carboxylic acid groups (broad SMARTS) is 1. The third-order valence-corrected chi connectivity index (χ3v) is 3.16. The number of aromatic nitrogens is 4. The smallest absolute Gasteiger partial charge is 0.342 e. The van der Waals surface area contributed by atoms with E-state index in [0.29, 0.717) is 11.2 Å². The van der Waals surface area contributed by atoms with E-state index in [4.69, 9.17) is 5.11 Å². The molecule has 0 spiro atoms. The SMILES string of the molecule is Cn1cnc2cc(-n3cc(C(=O)O)c(=O)[nH]c3=O)ccc21. The van der Waals surface area contributed by atoms with Crippen molar-refractivity contribution in [1.29, 1.82) is 0 Å². The molecule has 0 aliphatic heterocycles. The minimum atomic E-state index is -1.40. The van der Waals surface area contributed by atoms with Crippen LogP contribution in [0.5, 0.6) is 0 Å². The van der Waals surface area contributed by atoms with E-state index in [9.17, 15) is 14.4 Å². The Morgan fingerprint density at radius 2 is 2.10 bits per heavy atom. The minimum Gasteiger partial charge on any atom is -0.477 e. The second kappa shape index (κ2) is 4.44. The number of nitrogens with one attached hydrogen (secondary N) is 1. The number of rotatable bonds is 2. The van der Waals surface area contributed by atoms with E-state index in [2.05, 4.69) is 4.98 Å². The lowest BCUT2D eigenvalue weighted by molar-refractivity contribution is 0.0694. The molecule has 0 aliphatic carbocycles. The van der Waals surface area contributed by atoms with E-state index < -0.39 is 22.8 Å². The number of hydrogen-bond donors (Lipinski definition) is 2. The molecule has 0 radical (unpaired) electrons. The van der Waals surface area contributed by atoms with E-state index in [0.717, 1.165) is 16.3 Å². The van der Waals surface area contributed by atoms with Crippen molar-refractivity contribution in [3.05, 3.63) is 57.1 Å². The van der Waals surface area contributed by atoms with Gasteiger partial charge in [-0.25, -0.2) is 14.6 Å². The first-order valence-electron chi connectivity index (χ1n) is 5.98. The van der Waals surface area contributed by atoms with Gasteiger partial charge in [0.1, 0.15) is 5.56 Å². The van der Waals surface area contributed by atoms with Crippen molar-refractivity contribution in [2.75, 3.05) is 0 Å². The van der Waals surface area contributed by atoms with Gasteiger partial charge in [-0.3, -0.25) is 14.3 Å². The maximum absolute atomic E-state index is 11.8. The molecule has 3 aromatic rings. The van der Waals surface area contributed by atoms with Crippen LogP contribution < -0.4 is 11.2 Å². The molecule has 0 bridgehead atoms. The van der Waals surface area contributed by atoms with Crippen molar-refractivity contribution in [1.82, 2.24) is 19.1 Å². The van der Waals surface area contributed by atoms with Crippen molar-refractivity contribution >= 4 is 17.0 Å². The molecular weight excluding hydrogens is 276 g/mol. The largest absolute Gasteiger partial charge is 0.477 e. The van der Waals surface area contributed by atoms with Crippen LogP contribution in [0.1, 0.15) is 10.4 Å². The Bertz CT molecular complexity index is 980. The van der Waals surface area contributed by atoms with Crippen molar-refractivity contribution in [3.63, 3.8) is 0 Å². The molecular formula is C13H10N4O4. The van der Waals surface area contributed by atoms with Crippen LogP contribution in [0.3, 0.4) is 0 Å². The number of carbonyl (C=O) groups is 1. The van der Waals surface area contributed by atoms with Crippen LogP contribution in [-0.2, 0) is 7.05 Å². The molecule has 0 aliphatic rings. The quantitative estimate of drug-likeness (QED) is 0.694. The van der Waals surface area contributed by atoms with Gasteiger partial charge in [-0.1, -0.05) is 0 Å². The first-order chi connectivity index (χ1) is 9.97. The molecule has 2 heterocycles. The Morgan fingerprint density at radius 1 is 1.33 bits per heavy atom. The Labute approximate surface area is 116 Å². The average molecular weight is 286 g/mol. The Morgan fingerprint density at radius 3 is 2.81 bits per heavy atom. The van der Waals surface area contributed by atoms with Crippen molar-refractivity contribution < 1.29 is 9.90 Å². The zero-order valence-electron chi connectivity index (χ0n) is 10.9. The summed E-state index contributed by atoms with van der Waals surface area (Å²) in [4.78, 5) is 40.4. The normalized spacial score (nSPS) is 10.9. The number of fused-ring (bicyclic) bond motifs is 1. The molecule has 2 N–H and O–H groups in total. The summed E-state index contributed by atoms with van der Waals surface area (Å²) in [6, 6.07) is 5.05. The van der Waals surface area contributed by atoms with Crippen LogP contribution in [0.4, 0.5) is 0 Å². The molecule has 106 valence electrons. The van der Waals surface area contributed by atoms with E-state index in [1.165, 1.54) is 0 Å². The second-order valence-electron chi connectivity index (χ2n) is 4.51. The van der Waals surface area contributed by atoms with Crippen LogP contribution in [0.25, 0.3) is 16.7 Å². The molecule has 0 saturated carbocycles. The van der Waals surface area contributed by atoms with Gasteiger partial charge in [-0.2, -0.15) is 0 Å². The highest BCUT2D eigenvalue weighted by Gasteiger charge is 2.13. The third kappa shape index (κ3) is 2.02. The average Bonchev–Trinajstić information content (AvgIpc) is 2.79. The highest BCUT2D eigenvalue weighted by atomic mass is 16.4. The van der Waals surface area contributed by atoms with Gasteiger partial charge < -0.3 is 9.67 Å². The summed E-state index contributed by atoms with van der Waals surface area (Å²) in [5, 5.41) is 8.95. The minimum absolute atomic E-state index is 0.421. The van der Waals surface area contributed by atoms with E-state index in [1.807, 2.05) is 16.6 Å². The Hall–Kier alpha value is -3.16. The fourth-order valence-corrected chi connectivity index (χ4v) is 2.09. The first kappa shape index (κ1) is 12.9. The first-order valence-corrected chi connectivity index (χ1v) is 5.98. The lowest BCUT2D eigenvalue weighted by Gasteiger charge is -2.06. The van der Waals surface area contributed by atoms with E-state index in [1.54, 1.807) is 24.5 Å². The number of aromatic amines is 1. The summed E-state index contributed by atoms with van der Waals surface area (Å²) >= 11 is 0. The molecule has 0 unspecified atom stereocenters. The van der Waals surface area contributed by atoms with Gasteiger partial charge in [0.15, 0.2) is 0 Å². The number of H-pyrrole nitrogens is 1. The highest BCUT2D eigenvalue weighted by molar-refractivity contribution is 5.86. The monoisotopic (exact) mass is 286 g/mol. The van der Waals surface area contributed by atoms with Crippen LogP contribution in [-0.4, -0.2) is 30.2 Å². The van der Waals surface area contributed by atoms with Crippen molar-refractivity contribution in [3.8, 4) is 5.69 Å². The van der Waals surface area contributed by atoms with Gasteiger partial charge in [-0.15, -0.1) is 0 Å². The Kier molecular flexibility index (Phi) is 2.72. The van der Waals surface area contributed by atoms with Gasteiger partial charge in [0.2, 0.25) is 0 Å². The van der Waals surface area contributed by atoms with Gasteiger partial charge in [0, 0.05) is 13.2 Å². The van der Waals surface area contributed by atoms with E-state index >= 15 is 0 Å². The van der Waals surface area contributed by atoms with Crippen molar-refractivity contribution in [2.45, 2.75) is 0 Å². The van der Waals surface area contributed by atoms with Crippen LogP contribution in [0.15, 0.2) is 40.3 Å². The molecule has 0 atom stereocenters. The number of imidazole rings is 1. The van der Waals surface area contributed by atoms with Crippen molar-refractivity contribution in [2.24, 2.45) is 7.05 Å². The summed E-state index contributed by atoms with van der Waals surface area (Å²) in [6.07, 6.45) is 2.64. The van der Waals surface area contributed by atoms with Gasteiger partial charge in [-0.05, 0) is 18.2 Å². The van der Waals surface area contributed by atoms with Gasteiger partial charge >= 0.3 is 11.7 Å². The summed E-state index contributed by atoms with van der Waals surface area (Å²) < 4.78 is 2.89.